The van der Waals surface area contributed by atoms with Crippen LogP contribution in [0, 0.1) is 6.92 Å². The molecular weight excluding hydrogens is 298 g/mol. The van der Waals surface area contributed by atoms with Crippen molar-refractivity contribution in [2.24, 2.45) is 7.05 Å². The molecule has 0 unspecified atom stereocenters. The van der Waals surface area contributed by atoms with E-state index in [0.717, 1.165) is 19.5 Å². The van der Waals surface area contributed by atoms with Crippen LogP contribution in [0.5, 0.6) is 0 Å². The van der Waals surface area contributed by atoms with E-state index in [-0.39, 0.29) is 0 Å². The van der Waals surface area contributed by atoms with E-state index in [2.05, 4.69) is 45.5 Å². The highest BCUT2D eigenvalue weighted by Crippen LogP contribution is 2.25. The molecule has 0 atom stereocenters. The number of aromatic nitrogens is 2. The first kappa shape index (κ1) is 12.8. The van der Waals surface area contributed by atoms with Crippen molar-refractivity contribution < 1.29 is 0 Å². The number of nitrogens with zero attached hydrogens (tertiary/aromatic N) is 2. The summed E-state index contributed by atoms with van der Waals surface area (Å²) in [6.45, 7) is 4.06. The summed E-state index contributed by atoms with van der Waals surface area (Å²) < 4.78 is 3.06. The number of rotatable bonds is 5. The monoisotopic (exact) mass is 313 g/mol. The van der Waals surface area contributed by atoms with Gasteiger partial charge in [-0.1, -0.05) is 0 Å². The maximum Gasteiger partial charge on any atom is 0.0522 e. The Morgan fingerprint density at radius 1 is 1.53 bits per heavy atom. The molecule has 0 aromatic carbocycles. The lowest BCUT2D eigenvalue weighted by molar-refractivity contribution is 0.692. The van der Waals surface area contributed by atoms with Gasteiger partial charge in [0.25, 0.3) is 0 Å². The number of hydrogen-bond acceptors (Lipinski definition) is 3. The molecule has 0 aliphatic heterocycles. The molecule has 0 saturated heterocycles. The topological polar surface area (TPSA) is 29.9 Å². The summed E-state index contributed by atoms with van der Waals surface area (Å²) in [6.07, 6.45) is 5.01. The summed E-state index contributed by atoms with van der Waals surface area (Å²) in [4.78, 5) is 2.72. The standard InChI is InChI=1S/C12H16BrN3S/c1-9-12(13)5-11(17-9)7-14-4-3-10-6-15-16(2)8-10/h5-6,8,14H,3-4,7H2,1-2H3. The summed E-state index contributed by atoms with van der Waals surface area (Å²) in [5.41, 5.74) is 1.28. The molecule has 2 aromatic heterocycles. The van der Waals surface area contributed by atoms with Crippen molar-refractivity contribution in [3.63, 3.8) is 0 Å². The molecule has 0 fully saturated rings. The van der Waals surface area contributed by atoms with Gasteiger partial charge in [0.15, 0.2) is 0 Å². The Bertz CT molecular complexity index is 470. The molecule has 0 aliphatic rings. The summed E-state index contributed by atoms with van der Waals surface area (Å²) in [5, 5.41) is 7.61. The lowest BCUT2D eigenvalue weighted by atomic mass is 10.2. The maximum absolute atomic E-state index is 4.15. The first-order valence-electron chi connectivity index (χ1n) is 5.58. The molecule has 2 rings (SSSR count). The highest BCUT2D eigenvalue weighted by Gasteiger charge is 2.02. The SMILES string of the molecule is Cc1sc(CNCCc2cnn(C)c2)cc1Br. The third-order valence-electron chi connectivity index (χ3n) is 2.56. The summed E-state index contributed by atoms with van der Waals surface area (Å²) in [5.74, 6) is 0. The van der Waals surface area contributed by atoms with Crippen molar-refractivity contribution in [3.8, 4) is 0 Å². The minimum atomic E-state index is 0.942. The highest BCUT2D eigenvalue weighted by molar-refractivity contribution is 9.10. The van der Waals surface area contributed by atoms with Crippen LogP contribution < -0.4 is 5.32 Å². The number of aryl methyl sites for hydroxylation is 2. The minimum Gasteiger partial charge on any atom is -0.312 e. The molecule has 0 saturated carbocycles. The summed E-state index contributed by atoms with van der Waals surface area (Å²) in [7, 11) is 1.95. The lowest BCUT2D eigenvalue weighted by Gasteiger charge is -2.00. The van der Waals surface area contributed by atoms with Crippen LogP contribution in [0.15, 0.2) is 22.9 Å². The molecule has 0 aliphatic carbocycles. The Kier molecular flexibility index (Phi) is 4.36. The van der Waals surface area contributed by atoms with E-state index >= 15 is 0 Å². The Morgan fingerprint density at radius 2 is 2.35 bits per heavy atom. The summed E-state index contributed by atoms with van der Waals surface area (Å²) in [6, 6.07) is 2.19. The van der Waals surface area contributed by atoms with E-state index in [4.69, 9.17) is 0 Å². The molecule has 5 heteroatoms. The predicted molar refractivity (Wildman–Crippen MR) is 75.4 cm³/mol. The summed E-state index contributed by atoms with van der Waals surface area (Å²) >= 11 is 5.37. The molecule has 0 radical (unpaired) electrons. The minimum absolute atomic E-state index is 0.942. The predicted octanol–water partition coefficient (Wildman–Crippen LogP) is 2.88. The normalized spacial score (nSPS) is 11.0. The van der Waals surface area contributed by atoms with E-state index in [9.17, 15) is 0 Å². The van der Waals surface area contributed by atoms with Gasteiger partial charge >= 0.3 is 0 Å². The van der Waals surface area contributed by atoms with Crippen LogP contribution in [0.25, 0.3) is 0 Å². The number of thiophene rings is 1. The lowest BCUT2D eigenvalue weighted by Crippen LogP contribution is -2.15. The van der Waals surface area contributed by atoms with Crippen LogP contribution in [0.2, 0.25) is 0 Å². The van der Waals surface area contributed by atoms with Gasteiger partial charge in [-0.3, -0.25) is 4.68 Å². The van der Waals surface area contributed by atoms with Gasteiger partial charge in [0.05, 0.1) is 6.20 Å². The maximum atomic E-state index is 4.15. The zero-order chi connectivity index (χ0) is 12.3. The zero-order valence-corrected chi connectivity index (χ0v) is 12.4. The molecule has 0 spiro atoms. The molecule has 2 heterocycles. The van der Waals surface area contributed by atoms with Crippen molar-refractivity contribution >= 4 is 27.3 Å². The van der Waals surface area contributed by atoms with Gasteiger partial charge in [0.1, 0.15) is 0 Å². The largest absolute Gasteiger partial charge is 0.312 e. The van der Waals surface area contributed by atoms with Crippen LogP contribution in [-0.4, -0.2) is 16.3 Å². The van der Waals surface area contributed by atoms with Crippen LogP contribution in [0.1, 0.15) is 15.3 Å². The van der Waals surface area contributed by atoms with E-state index in [1.807, 2.05) is 29.3 Å². The quantitative estimate of drug-likeness (QED) is 0.860. The second-order valence-electron chi connectivity index (χ2n) is 4.07. The highest BCUT2D eigenvalue weighted by atomic mass is 79.9. The number of nitrogens with one attached hydrogen (secondary N) is 1. The van der Waals surface area contributed by atoms with Gasteiger partial charge in [-0.15, -0.1) is 11.3 Å². The third kappa shape index (κ3) is 3.66. The molecular formula is C12H16BrN3S. The van der Waals surface area contributed by atoms with Crippen LogP contribution in [0.4, 0.5) is 0 Å². The molecule has 0 bridgehead atoms. The fourth-order valence-corrected chi connectivity index (χ4v) is 3.22. The van der Waals surface area contributed by atoms with Crippen LogP contribution >= 0.6 is 27.3 Å². The van der Waals surface area contributed by atoms with Gasteiger partial charge in [-0.25, -0.2) is 0 Å². The Balaban J connectivity index is 1.73. The van der Waals surface area contributed by atoms with Crippen molar-refractivity contribution in [3.05, 3.63) is 38.3 Å². The van der Waals surface area contributed by atoms with Crippen LogP contribution in [-0.2, 0) is 20.0 Å². The Labute approximate surface area is 114 Å². The van der Waals surface area contributed by atoms with Crippen molar-refractivity contribution in [1.29, 1.82) is 0 Å². The molecule has 17 heavy (non-hydrogen) atoms. The van der Waals surface area contributed by atoms with Crippen molar-refractivity contribution in [1.82, 2.24) is 15.1 Å². The van der Waals surface area contributed by atoms with E-state index in [0.29, 0.717) is 0 Å². The molecule has 2 aromatic rings. The molecule has 3 nitrogen and oxygen atoms in total. The first-order chi connectivity index (χ1) is 8.15. The van der Waals surface area contributed by atoms with Crippen molar-refractivity contribution in [2.45, 2.75) is 19.9 Å². The van der Waals surface area contributed by atoms with E-state index in [1.165, 1.54) is 19.8 Å². The fourth-order valence-electron chi connectivity index (χ4n) is 1.65. The van der Waals surface area contributed by atoms with Gasteiger partial charge in [0.2, 0.25) is 0 Å². The third-order valence-corrected chi connectivity index (χ3v) is 4.69. The van der Waals surface area contributed by atoms with Gasteiger partial charge in [-0.2, -0.15) is 5.10 Å². The first-order valence-corrected chi connectivity index (χ1v) is 7.19. The van der Waals surface area contributed by atoms with Crippen LogP contribution in [0.3, 0.4) is 0 Å². The molecule has 1 N–H and O–H groups in total. The number of halogens is 1. The Hall–Kier alpha value is -0.650. The Morgan fingerprint density at radius 3 is 2.94 bits per heavy atom. The smallest absolute Gasteiger partial charge is 0.0522 e. The van der Waals surface area contributed by atoms with Gasteiger partial charge in [-0.05, 0) is 47.4 Å². The molecule has 92 valence electrons. The van der Waals surface area contributed by atoms with Gasteiger partial charge in [0, 0.05) is 34.0 Å². The molecule has 0 amide bonds. The van der Waals surface area contributed by atoms with Crippen molar-refractivity contribution in [2.75, 3.05) is 6.54 Å². The fraction of sp³-hybridized carbons (Fsp3) is 0.417. The van der Waals surface area contributed by atoms with E-state index < -0.39 is 0 Å². The van der Waals surface area contributed by atoms with Gasteiger partial charge < -0.3 is 5.32 Å². The number of hydrogen-bond donors (Lipinski definition) is 1. The average Bonchev–Trinajstić information content (AvgIpc) is 2.82. The second-order valence-corrected chi connectivity index (χ2v) is 6.26. The average molecular weight is 314 g/mol. The zero-order valence-electron chi connectivity index (χ0n) is 10.0. The van der Waals surface area contributed by atoms with E-state index in [1.54, 1.807) is 0 Å². The second kappa shape index (κ2) is 5.80.